The molecule has 1 saturated heterocycles. The largest absolute Gasteiger partial charge is 0.320 e. The van der Waals surface area contributed by atoms with E-state index in [2.05, 4.69) is 15.5 Å². The maximum Gasteiger partial charge on any atom is 0.286 e. The van der Waals surface area contributed by atoms with Gasteiger partial charge in [0.05, 0.1) is 10.9 Å². The molecule has 10 heteroatoms. The summed E-state index contributed by atoms with van der Waals surface area (Å²) < 4.78 is 28.3. The number of halogens is 1. The second-order valence-electron chi connectivity index (χ2n) is 7.45. The van der Waals surface area contributed by atoms with E-state index in [1.54, 1.807) is 37.3 Å². The first-order chi connectivity index (χ1) is 14.8. The van der Waals surface area contributed by atoms with E-state index in [1.165, 1.54) is 4.31 Å². The van der Waals surface area contributed by atoms with E-state index < -0.39 is 22.0 Å². The maximum absolute atomic E-state index is 13.4. The normalized spacial score (nSPS) is 17.1. The number of amides is 1. The van der Waals surface area contributed by atoms with Crippen LogP contribution in [-0.2, 0) is 10.0 Å². The topological polar surface area (TPSA) is 92.3 Å². The van der Waals surface area contributed by atoms with Gasteiger partial charge in [0.1, 0.15) is 5.01 Å². The zero-order valence-corrected chi connectivity index (χ0v) is 19.4. The third-order valence-electron chi connectivity index (χ3n) is 5.16. The second kappa shape index (κ2) is 8.66. The highest BCUT2D eigenvalue weighted by Gasteiger charge is 2.39. The summed E-state index contributed by atoms with van der Waals surface area (Å²) in [5.74, 6) is -0.395. The number of sulfonamides is 1. The molecule has 31 heavy (non-hydrogen) atoms. The number of hydrogen-bond acceptors (Lipinski definition) is 6. The molecule has 1 aromatic heterocycles. The van der Waals surface area contributed by atoms with Crippen LogP contribution in [-0.4, -0.2) is 35.4 Å². The Hall–Kier alpha value is -2.33. The van der Waals surface area contributed by atoms with Gasteiger partial charge in [0, 0.05) is 17.3 Å². The quantitative estimate of drug-likeness (QED) is 0.581. The van der Waals surface area contributed by atoms with Crippen molar-refractivity contribution in [3.8, 4) is 0 Å². The van der Waals surface area contributed by atoms with Crippen LogP contribution in [0, 0.1) is 13.8 Å². The van der Waals surface area contributed by atoms with Gasteiger partial charge in [-0.05, 0) is 68.1 Å². The lowest BCUT2D eigenvalue weighted by molar-refractivity contribution is 0.102. The number of rotatable bonds is 5. The minimum atomic E-state index is -3.69. The summed E-state index contributed by atoms with van der Waals surface area (Å²) in [5.41, 5.74) is 2.18. The van der Waals surface area contributed by atoms with Gasteiger partial charge in [-0.2, -0.15) is 4.31 Å². The molecule has 1 amide bonds. The molecule has 162 valence electrons. The van der Waals surface area contributed by atoms with Crippen molar-refractivity contribution in [1.29, 1.82) is 0 Å². The van der Waals surface area contributed by atoms with Crippen LogP contribution in [0.3, 0.4) is 0 Å². The van der Waals surface area contributed by atoms with Gasteiger partial charge in [0.25, 0.3) is 5.91 Å². The number of anilines is 1. The Kier molecular flexibility index (Phi) is 6.11. The van der Waals surface area contributed by atoms with E-state index in [9.17, 15) is 13.2 Å². The SMILES string of the molecule is Cc1ccc(C)c(S(=O)(=O)N2CCC[C@H]2c2nnc(C(=O)Nc3ccc(Cl)cc3)s2)c1. The van der Waals surface area contributed by atoms with Crippen LogP contribution in [0.5, 0.6) is 0 Å². The first kappa shape index (κ1) is 21.9. The summed E-state index contributed by atoms with van der Waals surface area (Å²) in [6, 6.07) is 11.7. The predicted molar refractivity (Wildman–Crippen MR) is 121 cm³/mol. The van der Waals surface area contributed by atoms with Crippen molar-refractivity contribution in [3.63, 3.8) is 0 Å². The van der Waals surface area contributed by atoms with E-state index >= 15 is 0 Å². The maximum atomic E-state index is 13.4. The molecule has 1 atom stereocenters. The van der Waals surface area contributed by atoms with Crippen molar-refractivity contribution in [3.05, 3.63) is 68.6 Å². The van der Waals surface area contributed by atoms with Gasteiger partial charge in [0.2, 0.25) is 15.0 Å². The van der Waals surface area contributed by atoms with E-state index in [4.69, 9.17) is 11.6 Å². The molecule has 7 nitrogen and oxygen atoms in total. The molecule has 3 aromatic rings. The van der Waals surface area contributed by atoms with Crippen molar-refractivity contribution in [1.82, 2.24) is 14.5 Å². The second-order valence-corrected chi connectivity index (χ2v) is 10.8. The first-order valence-electron chi connectivity index (χ1n) is 9.75. The minimum Gasteiger partial charge on any atom is -0.320 e. The van der Waals surface area contributed by atoms with E-state index in [1.807, 2.05) is 19.1 Å². The molecule has 1 aliphatic heterocycles. The zero-order valence-electron chi connectivity index (χ0n) is 17.0. The predicted octanol–water partition coefficient (Wildman–Crippen LogP) is 4.59. The molecule has 1 fully saturated rings. The Morgan fingerprint density at radius 2 is 1.90 bits per heavy atom. The molecule has 2 aromatic carbocycles. The van der Waals surface area contributed by atoms with Gasteiger partial charge < -0.3 is 5.32 Å². The molecular formula is C21H21ClN4O3S2. The lowest BCUT2D eigenvalue weighted by Gasteiger charge is -2.23. The van der Waals surface area contributed by atoms with Gasteiger partial charge in [0.15, 0.2) is 0 Å². The van der Waals surface area contributed by atoms with Gasteiger partial charge in [-0.1, -0.05) is 35.1 Å². The van der Waals surface area contributed by atoms with E-state index in [0.717, 1.165) is 23.3 Å². The van der Waals surface area contributed by atoms with Crippen LogP contribution in [0.1, 0.15) is 44.8 Å². The third-order valence-corrected chi connectivity index (χ3v) is 8.48. The number of nitrogens with one attached hydrogen (secondary N) is 1. The van der Waals surface area contributed by atoms with E-state index in [0.29, 0.717) is 39.1 Å². The molecule has 1 N–H and O–H groups in total. The summed E-state index contributed by atoms with van der Waals surface area (Å²) in [6.45, 7) is 4.07. The fourth-order valence-corrected chi connectivity index (χ4v) is 6.62. The Bertz CT molecular complexity index is 1230. The summed E-state index contributed by atoms with van der Waals surface area (Å²) in [5, 5.41) is 12.2. The highest BCUT2D eigenvalue weighted by molar-refractivity contribution is 7.89. The van der Waals surface area contributed by atoms with Gasteiger partial charge >= 0.3 is 0 Å². The third kappa shape index (κ3) is 4.50. The van der Waals surface area contributed by atoms with Gasteiger partial charge in [-0.3, -0.25) is 4.79 Å². The first-order valence-corrected chi connectivity index (χ1v) is 12.4. The van der Waals surface area contributed by atoms with E-state index in [-0.39, 0.29) is 5.01 Å². The van der Waals surface area contributed by atoms with Crippen molar-refractivity contribution in [2.24, 2.45) is 0 Å². The van der Waals surface area contributed by atoms with Crippen LogP contribution >= 0.6 is 22.9 Å². The van der Waals surface area contributed by atoms with Crippen molar-refractivity contribution < 1.29 is 13.2 Å². The number of carbonyl (C=O) groups excluding carboxylic acids is 1. The van der Waals surface area contributed by atoms with Crippen LogP contribution in [0.4, 0.5) is 5.69 Å². The van der Waals surface area contributed by atoms with Crippen molar-refractivity contribution >= 4 is 44.6 Å². The summed E-state index contributed by atoms with van der Waals surface area (Å²) >= 11 is 6.98. The van der Waals surface area contributed by atoms with Gasteiger partial charge in [-0.25, -0.2) is 8.42 Å². The number of hydrogen-bond donors (Lipinski definition) is 1. The minimum absolute atomic E-state index is 0.181. The highest BCUT2D eigenvalue weighted by atomic mass is 35.5. The summed E-state index contributed by atoms with van der Waals surface area (Å²) in [6.07, 6.45) is 1.36. The van der Waals surface area contributed by atoms with Crippen molar-refractivity contribution in [2.75, 3.05) is 11.9 Å². The number of nitrogens with zero attached hydrogens (tertiary/aromatic N) is 3. The molecular weight excluding hydrogens is 456 g/mol. The Balaban J connectivity index is 1.57. The van der Waals surface area contributed by atoms with Crippen LogP contribution in [0.25, 0.3) is 0 Å². The van der Waals surface area contributed by atoms with Crippen LogP contribution in [0.15, 0.2) is 47.4 Å². The molecule has 0 bridgehead atoms. The number of carbonyl (C=O) groups is 1. The molecule has 0 aliphatic carbocycles. The Labute approximate surface area is 190 Å². The number of aromatic nitrogens is 2. The molecule has 1 aliphatic rings. The number of aryl methyl sites for hydroxylation is 2. The average molecular weight is 477 g/mol. The van der Waals surface area contributed by atoms with Crippen molar-refractivity contribution in [2.45, 2.75) is 37.6 Å². The molecule has 0 radical (unpaired) electrons. The van der Waals surface area contributed by atoms with Crippen LogP contribution in [0.2, 0.25) is 5.02 Å². The lowest BCUT2D eigenvalue weighted by Crippen LogP contribution is -2.31. The highest BCUT2D eigenvalue weighted by Crippen LogP contribution is 2.38. The van der Waals surface area contributed by atoms with Gasteiger partial charge in [-0.15, -0.1) is 10.2 Å². The summed E-state index contributed by atoms with van der Waals surface area (Å²) in [7, 11) is -3.69. The monoisotopic (exact) mass is 476 g/mol. The molecule has 4 rings (SSSR count). The fraction of sp³-hybridized carbons (Fsp3) is 0.286. The molecule has 0 unspecified atom stereocenters. The van der Waals surface area contributed by atoms with Crippen LogP contribution < -0.4 is 5.32 Å². The molecule has 2 heterocycles. The number of benzene rings is 2. The smallest absolute Gasteiger partial charge is 0.286 e. The Morgan fingerprint density at radius 3 is 2.65 bits per heavy atom. The standard InChI is InChI=1S/C21H21ClN4O3S2/c1-13-5-6-14(2)18(12-13)31(28,29)26-11-3-4-17(26)20-24-25-21(30-20)19(27)23-16-9-7-15(22)8-10-16/h5-10,12,17H,3-4,11H2,1-2H3,(H,23,27)/t17-/m0/s1. The zero-order chi connectivity index (χ0) is 22.2. The summed E-state index contributed by atoms with van der Waals surface area (Å²) in [4.78, 5) is 12.9. The Morgan fingerprint density at radius 1 is 1.16 bits per heavy atom. The molecule has 0 spiro atoms. The fourth-order valence-electron chi connectivity index (χ4n) is 3.56. The molecule has 0 saturated carbocycles. The lowest BCUT2D eigenvalue weighted by atomic mass is 10.2. The average Bonchev–Trinajstić information content (AvgIpc) is 3.41.